The number of hydrogen-bond acceptors (Lipinski definition) is 1. The van der Waals surface area contributed by atoms with E-state index in [-0.39, 0.29) is 0 Å². The van der Waals surface area contributed by atoms with Crippen molar-refractivity contribution < 1.29 is 4.74 Å². The molecule has 1 aromatic rings. The summed E-state index contributed by atoms with van der Waals surface area (Å²) >= 11 is 0. The highest BCUT2D eigenvalue weighted by Crippen LogP contribution is 2.12. The monoisotopic (exact) mass is 174 g/mol. The fourth-order valence-corrected chi connectivity index (χ4v) is 0.993. The Bertz CT molecular complexity index is 293. The second-order valence-electron chi connectivity index (χ2n) is 2.66. The molecule has 0 fully saturated rings. The molecule has 0 aliphatic heterocycles. The lowest BCUT2D eigenvalue weighted by Gasteiger charge is -1.98. The van der Waals surface area contributed by atoms with Crippen LogP contribution in [0.15, 0.2) is 42.5 Å². The molecule has 0 amide bonds. The number of rotatable bonds is 3. The third-order valence-electron chi connectivity index (χ3n) is 1.71. The van der Waals surface area contributed by atoms with Gasteiger partial charge in [0.2, 0.25) is 0 Å². The van der Waals surface area contributed by atoms with Gasteiger partial charge in [0, 0.05) is 0 Å². The first kappa shape index (κ1) is 9.59. The van der Waals surface area contributed by atoms with Crippen molar-refractivity contribution in [2.45, 2.75) is 6.92 Å². The molecular weight excluding hydrogens is 160 g/mol. The molecule has 0 aliphatic carbocycles. The molecule has 0 saturated carbocycles. The van der Waals surface area contributed by atoms with Gasteiger partial charge < -0.3 is 4.74 Å². The van der Waals surface area contributed by atoms with E-state index in [0.29, 0.717) is 0 Å². The van der Waals surface area contributed by atoms with Crippen LogP contribution >= 0.6 is 0 Å². The molecule has 0 unspecified atom stereocenters. The standard InChI is InChI=1S/C12H14O/c1-3-4-5-6-11-7-9-12(13-2)10-8-11/h3-10H,1-2H3/b4-3-,6-5-. The quantitative estimate of drug-likeness (QED) is 0.639. The zero-order valence-electron chi connectivity index (χ0n) is 8.03. The molecule has 1 rings (SSSR count). The summed E-state index contributed by atoms with van der Waals surface area (Å²) in [7, 11) is 1.67. The Morgan fingerprint density at radius 1 is 1.08 bits per heavy atom. The lowest BCUT2D eigenvalue weighted by Crippen LogP contribution is -1.81. The summed E-state index contributed by atoms with van der Waals surface area (Å²) < 4.78 is 5.06. The number of methoxy groups -OCH3 is 1. The molecule has 0 aliphatic rings. The Morgan fingerprint density at radius 3 is 2.31 bits per heavy atom. The Morgan fingerprint density at radius 2 is 1.77 bits per heavy atom. The third kappa shape index (κ3) is 3.16. The van der Waals surface area contributed by atoms with Gasteiger partial charge in [0.15, 0.2) is 0 Å². The molecule has 0 N–H and O–H groups in total. The summed E-state index contributed by atoms with van der Waals surface area (Å²) in [6, 6.07) is 7.96. The predicted molar refractivity (Wildman–Crippen MR) is 56.8 cm³/mol. The topological polar surface area (TPSA) is 9.23 Å². The van der Waals surface area contributed by atoms with Gasteiger partial charge in [-0.25, -0.2) is 0 Å². The van der Waals surface area contributed by atoms with Crippen molar-refractivity contribution in [3.8, 4) is 5.75 Å². The van der Waals surface area contributed by atoms with Gasteiger partial charge >= 0.3 is 0 Å². The molecular formula is C12H14O. The van der Waals surface area contributed by atoms with E-state index < -0.39 is 0 Å². The van der Waals surface area contributed by atoms with Crippen LogP contribution < -0.4 is 4.74 Å². The molecule has 68 valence electrons. The molecule has 0 heterocycles. The van der Waals surface area contributed by atoms with Crippen molar-refractivity contribution in [2.75, 3.05) is 7.11 Å². The summed E-state index contributed by atoms with van der Waals surface area (Å²) in [4.78, 5) is 0. The van der Waals surface area contributed by atoms with Crippen LogP contribution in [0.1, 0.15) is 12.5 Å². The molecule has 1 nitrogen and oxygen atoms in total. The van der Waals surface area contributed by atoms with Gasteiger partial charge in [0.1, 0.15) is 5.75 Å². The summed E-state index contributed by atoms with van der Waals surface area (Å²) in [5.74, 6) is 0.892. The minimum Gasteiger partial charge on any atom is -0.497 e. The minimum absolute atomic E-state index is 0.892. The molecule has 0 spiro atoms. The van der Waals surface area contributed by atoms with Crippen LogP contribution in [0.25, 0.3) is 6.08 Å². The van der Waals surface area contributed by atoms with Gasteiger partial charge in [0.05, 0.1) is 7.11 Å². The fourth-order valence-electron chi connectivity index (χ4n) is 0.993. The Kier molecular flexibility index (Phi) is 3.83. The SMILES string of the molecule is C/C=C\C=C/c1ccc(OC)cc1. The molecule has 13 heavy (non-hydrogen) atoms. The van der Waals surface area contributed by atoms with Gasteiger partial charge in [-0.05, 0) is 24.6 Å². The highest BCUT2D eigenvalue weighted by Gasteiger charge is 1.88. The maximum Gasteiger partial charge on any atom is 0.118 e. The van der Waals surface area contributed by atoms with Crippen molar-refractivity contribution in [1.29, 1.82) is 0 Å². The average molecular weight is 174 g/mol. The first-order valence-electron chi connectivity index (χ1n) is 4.30. The summed E-state index contributed by atoms with van der Waals surface area (Å²) in [6.45, 7) is 2.00. The zero-order chi connectivity index (χ0) is 9.52. The Hall–Kier alpha value is -1.50. The van der Waals surface area contributed by atoms with E-state index in [4.69, 9.17) is 4.74 Å². The molecule has 0 aromatic heterocycles. The van der Waals surface area contributed by atoms with Gasteiger partial charge in [-0.15, -0.1) is 0 Å². The van der Waals surface area contributed by atoms with E-state index in [1.807, 2.05) is 49.4 Å². The van der Waals surface area contributed by atoms with E-state index in [1.54, 1.807) is 7.11 Å². The highest BCUT2D eigenvalue weighted by molar-refractivity contribution is 5.52. The van der Waals surface area contributed by atoms with Crippen molar-refractivity contribution in [3.63, 3.8) is 0 Å². The summed E-state index contributed by atoms with van der Waals surface area (Å²) in [5.41, 5.74) is 1.18. The van der Waals surface area contributed by atoms with E-state index in [2.05, 4.69) is 6.08 Å². The second-order valence-corrected chi connectivity index (χ2v) is 2.66. The molecule has 0 bridgehead atoms. The molecule has 0 saturated heterocycles. The van der Waals surface area contributed by atoms with Crippen molar-refractivity contribution in [3.05, 3.63) is 48.1 Å². The third-order valence-corrected chi connectivity index (χ3v) is 1.71. The predicted octanol–water partition coefficient (Wildman–Crippen LogP) is 3.28. The maximum absolute atomic E-state index is 5.06. The number of ether oxygens (including phenoxy) is 1. The van der Waals surface area contributed by atoms with Crippen LogP contribution in [-0.4, -0.2) is 7.11 Å². The van der Waals surface area contributed by atoms with E-state index >= 15 is 0 Å². The van der Waals surface area contributed by atoms with Crippen LogP contribution in [0.5, 0.6) is 5.75 Å². The average Bonchev–Trinajstić information content (AvgIpc) is 2.19. The smallest absolute Gasteiger partial charge is 0.118 e. The lowest BCUT2D eigenvalue weighted by atomic mass is 10.2. The molecule has 0 atom stereocenters. The minimum atomic E-state index is 0.892. The van der Waals surface area contributed by atoms with Crippen LogP contribution in [0.2, 0.25) is 0 Å². The number of benzene rings is 1. The summed E-state index contributed by atoms with van der Waals surface area (Å²) in [6.07, 6.45) is 8.07. The van der Waals surface area contributed by atoms with Crippen molar-refractivity contribution >= 4 is 6.08 Å². The summed E-state index contributed by atoms with van der Waals surface area (Å²) in [5, 5.41) is 0. The Balaban J connectivity index is 2.69. The van der Waals surface area contributed by atoms with E-state index in [1.165, 1.54) is 5.56 Å². The van der Waals surface area contributed by atoms with Crippen LogP contribution in [0, 0.1) is 0 Å². The molecule has 1 aromatic carbocycles. The molecule has 1 heteroatoms. The maximum atomic E-state index is 5.06. The van der Waals surface area contributed by atoms with Crippen LogP contribution in [0.3, 0.4) is 0 Å². The first-order valence-corrected chi connectivity index (χ1v) is 4.30. The van der Waals surface area contributed by atoms with Crippen molar-refractivity contribution in [1.82, 2.24) is 0 Å². The molecule has 0 radical (unpaired) electrons. The van der Waals surface area contributed by atoms with Gasteiger partial charge in [-0.1, -0.05) is 36.4 Å². The van der Waals surface area contributed by atoms with Gasteiger partial charge in [-0.2, -0.15) is 0 Å². The number of hydrogen-bond donors (Lipinski definition) is 0. The zero-order valence-corrected chi connectivity index (χ0v) is 8.03. The van der Waals surface area contributed by atoms with Crippen LogP contribution in [-0.2, 0) is 0 Å². The number of allylic oxidation sites excluding steroid dienone is 3. The van der Waals surface area contributed by atoms with E-state index in [0.717, 1.165) is 5.75 Å². The van der Waals surface area contributed by atoms with Crippen LogP contribution in [0.4, 0.5) is 0 Å². The normalized spacial score (nSPS) is 11.2. The van der Waals surface area contributed by atoms with Crippen molar-refractivity contribution in [2.24, 2.45) is 0 Å². The van der Waals surface area contributed by atoms with Gasteiger partial charge in [0.25, 0.3) is 0 Å². The largest absolute Gasteiger partial charge is 0.497 e. The van der Waals surface area contributed by atoms with Gasteiger partial charge in [-0.3, -0.25) is 0 Å². The first-order chi connectivity index (χ1) is 6.36. The van der Waals surface area contributed by atoms with E-state index in [9.17, 15) is 0 Å². The lowest BCUT2D eigenvalue weighted by molar-refractivity contribution is 0.415. The fraction of sp³-hybridized carbons (Fsp3) is 0.167. The second kappa shape index (κ2) is 5.20. The highest BCUT2D eigenvalue weighted by atomic mass is 16.5. The Labute approximate surface area is 79.4 Å².